The highest BCUT2D eigenvalue weighted by molar-refractivity contribution is 5.94. The van der Waals surface area contributed by atoms with Gasteiger partial charge in [0.2, 0.25) is 5.91 Å². The molecule has 88 valence electrons. The molecule has 0 aliphatic heterocycles. The molecule has 4 heteroatoms. The molecular formula is C13H14N2O2. The van der Waals surface area contributed by atoms with E-state index >= 15 is 0 Å². The van der Waals surface area contributed by atoms with Crippen LogP contribution in [0.15, 0.2) is 47.1 Å². The van der Waals surface area contributed by atoms with Gasteiger partial charge in [-0.25, -0.2) is 0 Å². The fraction of sp³-hybridized carbons (Fsp3) is 0.154. The van der Waals surface area contributed by atoms with Crippen molar-refractivity contribution in [2.45, 2.75) is 13.0 Å². The zero-order valence-electron chi connectivity index (χ0n) is 9.51. The number of hydrogen-bond acceptors (Lipinski definition) is 3. The average molecular weight is 230 g/mol. The zero-order chi connectivity index (χ0) is 12.3. The van der Waals surface area contributed by atoms with E-state index in [2.05, 4.69) is 5.32 Å². The molecule has 1 atom stereocenters. The summed E-state index contributed by atoms with van der Waals surface area (Å²) in [6.45, 7) is 1.65. The van der Waals surface area contributed by atoms with Gasteiger partial charge in [0, 0.05) is 11.3 Å². The van der Waals surface area contributed by atoms with Crippen molar-refractivity contribution < 1.29 is 9.21 Å². The maximum atomic E-state index is 11.4. The maximum Gasteiger partial charge on any atom is 0.240 e. The molecule has 2 rings (SSSR count). The first-order valence-corrected chi connectivity index (χ1v) is 5.37. The van der Waals surface area contributed by atoms with Gasteiger partial charge in [-0.3, -0.25) is 4.79 Å². The number of amides is 1. The number of carbonyl (C=O) groups is 1. The number of nitrogens with two attached hydrogens (primary N) is 1. The smallest absolute Gasteiger partial charge is 0.240 e. The summed E-state index contributed by atoms with van der Waals surface area (Å²) in [7, 11) is 0. The highest BCUT2D eigenvalue weighted by atomic mass is 16.3. The van der Waals surface area contributed by atoms with Crippen LogP contribution < -0.4 is 11.1 Å². The normalized spacial score (nSPS) is 12.1. The third-order valence-electron chi connectivity index (χ3n) is 2.37. The van der Waals surface area contributed by atoms with E-state index in [1.807, 2.05) is 36.4 Å². The number of anilines is 1. The molecule has 1 amide bonds. The molecule has 0 saturated heterocycles. The largest absolute Gasteiger partial charge is 0.464 e. The van der Waals surface area contributed by atoms with Gasteiger partial charge in [0.05, 0.1) is 12.3 Å². The minimum atomic E-state index is -0.514. The molecule has 0 bridgehead atoms. The molecule has 1 aromatic carbocycles. The Hall–Kier alpha value is -2.07. The molecular weight excluding hydrogens is 216 g/mol. The van der Waals surface area contributed by atoms with E-state index in [1.54, 1.807) is 13.2 Å². The number of rotatable bonds is 3. The fourth-order valence-electron chi connectivity index (χ4n) is 1.42. The van der Waals surface area contributed by atoms with Crippen LogP contribution >= 0.6 is 0 Å². The van der Waals surface area contributed by atoms with Crippen molar-refractivity contribution in [1.82, 2.24) is 0 Å². The highest BCUT2D eigenvalue weighted by Gasteiger charge is 2.07. The molecule has 1 heterocycles. The Morgan fingerprint density at radius 3 is 2.53 bits per heavy atom. The van der Waals surface area contributed by atoms with E-state index < -0.39 is 6.04 Å². The third-order valence-corrected chi connectivity index (χ3v) is 2.37. The summed E-state index contributed by atoms with van der Waals surface area (Å²) in [6, 6.07) is 10.6. The molecule has 4 nitrogen and oxygen atoms in total. The molecule has 1 aromatic heterocycles. The Balaban J connectivity index is 2.11. The summed E-state index contributed by atoms with van der Waals surface area (Å²) in [4.78, 5) is 11.4. The second kappa shape index (κ2) is 4.84. The van der Waals surface area contributed by atoms with Crippen molar-refractivity contribution in [1.29, 1.82) is 0 Å². The van der Waals surface area contributed by atoms with Crippen LogP contribution in [-0.2, 0) is 4.79 Å². The van der Waals surface area contributed by atoms with Gasteiger partial charge in [0.25, 0.3) is 0 Å². The van der Waals surface area contributed by atoms with E-state index in [9.17, 15) is 4.79 Å². The molecule has 0 fully saturated rings. The summed E-state index contributed by atoms with van der Waals surface area (Å²) in [5, 5.41) is 2.72. The highest BCUT2D eigenvalue weighted by Crippen LogP contribution is 2.21. The van der Waals surface area contributed by atoms with Gasteiger partial charge >= 0.3 is 0 Å². The molecule has 0 aliphatic rings. The van der Waals surface area contributed by atoms with Gasteiger partial charge < -0.3 is 15.5 Å². The topological polar surface area (TPSA) is 68.3 Å². The molecule has 0 aliphatic carbocycles. The number of nitrogens with one attached hydrogen (secondary N) is 1. The summed E-state index contributed by atoms with van der Waals surface area (Å²) < 4.78 is 5.27. The average Bonchev–Trinajstić information content (AvgIpc) is 2.83. The number of hydrogen-bond donors (Lipinski definition) is 2. The van der Waals surface area contributed by atoms with Crippen LogP contribution in [0.3, 0.4) is 0 Å². The van der Waals surface area contributed by atoms with E-state index in [1.165, 1.54) is 0 Å². The monoisotopic (exact) mass is 230 g/mol. The molecule has 0 saturated carbocycles. The molecule has 0 spiro atoms. The van der Waals surface area contributed by atoms with Crippen molar-refractivity contribution in [2.24, 2.45) is 5.73 Å². The van der Waals surface area contributed by atoms with Crippen LogP contribution in [0.1, 0.15) is 6.92 Å². The van der Waals surface area contributed by atoms with Gasteiger partial charge in [-0.1, -0.05) is 0 Å². The second-order valence-corrected chi connectivity index (χ2v) is 3.83. The van der Waals surface area contributed by atoms with E-state index in [4.69, 9.17) is 10.2 Å². The van der Waals surface area contributed by atoms with Crippen LogP contribution in [0.4, 0.5) is 5.69 Å². The quantitative estimate of drug-likeness (QED) is 0.849. The molecule has 0 unspecified atom stereocenters. The predicted octanol–water partition coefficient (Wildman–Crippen LogP) is 2.23. The van der Waals surface area contributed by atoms with Crippen LogP contribution in [-0.4, -0.2) is 11.9 Å². The van der Waals surface area contributed by atoms with Crippen molar-refractivity contribution in [2.75, 3.05) is 5.32 Å². The molecule has 2 aromatic rings. The summed E-state index contributed by atoms with van der Waals surface area (Å²) >= 11 is 0. The third kappa shape index (κ3) is 2.73. The SMILES string of the molecule is C[C@H](N)C(=O)Nc1ccc(-c2ccco2)cc1. The lowest BCUT2D eigenvalue weighted by atomic mass is 10.1. The lowest BCUT2D eigenvalue weighted by Gasteiger charge is -2.07. The predicted molar refractivity (Wildman–Crippen MR) is 66.4 cm³/mol. The lowest BCUT2D eigenvalue weighted by Crippen LogP contribution is -2.32. The van der Waals surface area contributed by atoms with E-state index in [0.717, 1.165) is 17.0 Å². The number of carbonyl (C=O) groups excluding carboxylic acids is 1. The minimum Gasteiger partial charge on any atom is -0.464 e. The van der Waals surface area contributed by atoms with Crippen molar-refractivity contribution in [3.63, 3.8) is 0 Å². The minimum absolute atomic E-state index is 0.198. The van der Waals surface area contributed by atoms with Gasteiger partial charge in [-0.05, 0) is 43.3 Å². The Morgan fingerprint density at radius 2 is 2.00 bits per heavy atom. The van der Waals surface area contributed by atoms with Gasteiger partial charge in [0.1, 0.15) is 5.76 Å². The van der Waals surface area contributed by atoms with Gasteiger partial charge in [-0.15, -0.1) is 0 Å². The standard InChI is InChI=1S/C13H14N2O2/c1-9(14)13(16)15-11-6-4-10(5-7-11)12-3-2-8-17-12/h2-9H,14H2,1H3,(H,15,16)/t9-/m0/s1. The van der Waals surface area contributed by atoms with Crippen molar-refractivity contribution in [3.05, 3.63) is 42.7 Å². The van der Waals surface area contributed by atoms with Gasteiger partial charge in [-0.2, -0.15) is 0 Å². The summed E-state index contributed by atoms with van der Waals surface area (Å²) in [6.07, 6.45) is 1.63. The Morgan fingerprint density at radius 1 is 1.29 bits per heavy atom. The molecule has 0 radical (unpaired) electrons. The molecule has 17 heavy (non-hydrogen) atoms. The summed E-state index contributed by atoms with van der Waals surface area (Å²) in [5.74, 6) is 0.603. The first-order chi connectivity index (χ1) is 8.16. The maximum absolute atomic E-state index is 11.4. The Labute approximate surface area is 99.4 Å². The first-order valence-electron chi connectivity index (χ1n) is 5.37. The van der Waals surface area contributed by atoms with Crippen LogP contribution in [0.5, 0.6) is 0 Å². The van der Waals surface area contributed by atoms with Crippen molar-refractivity contribution >= 4 is 11.6 Å². The van der Waals surface area contributed by atoms with Crippen LogP contribution in [0, 0.1) is 0 Å². The number of benzene rings is 1. The van der Waals surface area contributed by atoms with Crippen LogP contribution in [0.2, 0.25) is 0 Å². The Bertz CT molecular complexity index is 487. The molecule has 3 N–H and O–H groups in total. The van der Waals surface area contributed by atoms with E-state index in [0.29, 0.717) is 0 Å². The fourth-order valence-corrected chi connectivity index (χ4v) is 1.42. The lowest BCUT2D eigenvalue weighted by molar-refractivity contribution is -0.117. The number of furan rings is 1. The second-order valence-electron chi connectivity index (χ2n) is 3.83. The Kier molecular flexibility index (Phi) is 3.25. The first kappa shape index (κ1) is 11.4. The zero-order valence-corrected chi connectivity index (χ0v) is 9.51. The van der Waals surface area contributed by atoms with Gasteiger partial charge in [0.15, 0.2) is 0 Å². The van der Waals surface area contributed by atoms with Crippen molar-refractivity contribution in [3.8, 4) is 11.3 Å². The van der Waals surface area contributed by atoms with E-state index in [-0.39, 0.29) is 5.91 Å². The summed E-state index contributed by atoms with van der Waals surface area (Å²) in [5.41, 5.74) is 7.15. The van der Waals surface area contributed by atoms with Crippen LogP contribution in [0.25, 0.3) is 11.3 Å².